The van der Waals surface area contributed by atoms with Gasteiger partial charge < -0.3 is 28.4 Å². The first-order chi connectivity index (χ1) is 19.4. The number of ketones is 1. The number of nitrogens with zero attached hydrogens (tertiary/aromatic N) is 1. The lowest BCUT2D eigenvalue weighted by Crippen LogP contribution is -2.44. The maximum atomic E-state index is 14.1. The monoisotopic (exact) mass is 587 g/mol. The highest BCUT2D eigenvalue weighted by molar-refractivity contribution is 7.80. The van der Waals surface area contributed by atoms with Crippen molar-refractivity contribution in [2.24, 2.45) is 0 Å². The zero-order valence-corrected chi connectivity index (χ0v) is 23.7. The van der Waals surface area contributed by atoms with Gasteiger partial charge in [0, 0.05) is 11.6 Å². The van der Waals surface area contributed by atoms with Gasteiger partial charge >= 0.3 is 29.8 Å². The summed E-state index contributed by atoms with van der Waals surface area (Å²) in [4.78, 5) is 79.8. The fraction of sp³-hybridized carbons (Fsp3) is 0.296. The molecule has 0 bridgehead atoms. The molecule has 0 saturated carbocycles. The Hall–Kier alpha value is -4.85. The van der Waals surface area contributed by atoms with Gasteiger partial charge in [-0.1, -0.05) is 29.8 Å². The zero-order valence-electron chi connectivity index (χ0n) is 22.8. The highest BCUT2D eigenvalue weighted by atomic mass is 32.1. The van der Waals surface area contributed by atoms with Crippen LogP contribution in [0.25, 0.3) is 0 Å². The summed E-state index contributed by atoms with van der Waals surface area (Å²) in [6.07, 6.45) is 0.587. The minimum atomic E-state index is -2.83. The normalized spacial score (nSPS) is 15.8. The fourth-order valence-corrected chi connectivity index (χ4v) is 4.54. The van der Waals surface area contributed by atoms with E-state index in [9.17, 15) is 28.8 Å². The van der Waals surface area contributed by atoms with E-state index in [-0.39, 0.29) is 12.2 Å². The van der Waals surface area contributed by atoms with Gasteiger partial charge in [-0.05, 0) is 26.1 Å². The molecule has 0 saturated heterocycles. The standard InChI is InChI=1S/C27H25NO12S/c1-7-39-25(34)27(15(22(31)36-4)12-16(29)35-3)21-18(20(30)14-10-8-13(2)9-11-14)17(23(32)37-5)19(24(33)38-6)28(21)26(41)40-27/h8-12H,7H2,1-6H3. The molecule has 1 aliphatic rings. The number of carbonyl (C=O) groups excluding carboxylic acids is 6. The Bertz CT molecular complexity index is 1500. The van der Waals surface area contributed by atoms with Crippen molar-refractivity contribution < 1.29 is 57.2 Å². The zero-order chi connectivity index (χ0) is 30.6. The van der Waals surface area contributed by atoms with Gasteiger partial charge in [0.05, 0.1) is 46.3 Å². The molecule has 0 N–H and O–H groups in total. The van der Waals surface area contributed by atoms with Crippen molar-refractivity contribution >= 4 is 53.0 Å². The summed E-state index contributed by atoms with van der Waals surface area (Å²) < 4.78 is 31.0. The molecule has 1 aliphatic heterocycles. The predicted molar refractivity (Wildman–Crippen MR) is 141 cm³/mol. The molecule has 216 valence electrons. The largest absolute Gasteiger partial charge is 0.466 e. The third kappa shape index (κ3) is 5.09. The van der Waals surface area contributed by atoms with Gasteiger partial charge in [-0.2, -0.15) is 0 Å². The number of benzene rings is 1. The van der Waals surface area contributed by atoms with Crippen LogP contribution in [0.4, 0.5) is 0 Å². The van der Waals surface area contributed by atoms with Crippen LogP contribution in [0.5, 0.6) is 0 Å². The minimum Gasteiger partial charge on any atom is -0.466 e. The van der Waals surface area contributed by atoms with Gasteiger partial charge in [0.25, 0.3) is 10.8 Å². The molecule has 3 rings (SSSR count). The lowest BCUT2D eigenvalue weighted by atomic mass is 9.84. The van der Waals surface area contributed by atoms with Crippen molar-refractivity contribution in [3.8, 4) is 0 Å². The number of thiocarbonyl (C=S) groups is 1. The van der Waals surface area contributed by atoms with Gasteiger partial charge in [0.15, 0.2) is 11.5 Å². The molecule has 1 atom stereocenters. The number of hydrogen-bond donors (Lipinski definition) is 0. The molecule has 0 amide bonds. The summed E-state index contributed by atoms with van der Waals surface area (Å²) >= 11 is 5.35. The van der Waals surface area contributed by atoms with Crippen LogP contribution < -0.4 is 0 Å². The summed E-state index contributed by atoms with van der Waals surface area (Å²) in [6, 6.07) is 6.09. The molecule has 0 aliphatic carbocycles. The van der Waals surface area contributed by atoms with Crippen LogP contribution >= 0.6 is 12.2 Å². The molecule has 14 heteroatoms. The lowest BCUT2D eigenvalue weighted by molar-refractivity contribution is -0.162. The average molecular weight is 588 g/mol. The molecule has 2 heterocycles. The van der Waals surface area contributed by atoms with E-state index in [1.165, 1.54) is 19.1 Å². The van der Waals surface area contributed by atoms with Gasteiger partial charge in [-0.15, -0.1) is 0 Å². The number of fused-ring (bicyclic) bond motifs is 1. The van der Waals surface area contributed by atoms with Gasteiger partial charge in [0.2, 0.25) is 0 Å². The van der Waals surface area contributed by atoms with Crippen molar-refractivity contribution in [1.29, 1.82) is 0 Å². The van der Waals surface area contributed by atoms with Crippen molar-refractivity contribution in [2.45, 2.75) is 19.4 Å². The van der Waals surface area contributed by atoms with E-state index in [2.05, 4.69) is 4.74 Å². The number of methoxy groups -OCH3 is 4. The maximum Gasteiger partial charge on any atom is 0.362 e. The van der Waals surface area contributed by atoms with Crippen LogP contribution in [-0.4, -0.2) is 80.4 Å². The number of rotatable bonds is 9. The third-order valence-electron chi connectivity index (χ3n) is 6.05. The molecule has 0 spiro atoms. The van der Waals surface area contributed by atoms with Gasteiger partial charge in [-0.3, -0.25) is 9.36 Å². The summed E-state index contributed by atoms with van der Waals surface area (Å²) in [5, 5.41) is -0.666. The Morgan fingerprint density at radius 1 is 0.902 bits per heavy atom. The number of carbonyl (C=O) groups is 6. The molecular weight excluding hydrogens is 562 g/mol. The number of esters is 5. The number of aryl methyl sites for hydroxylation is 1. The van der Waals surface area contributed by atoms with Crippen molar-refractivity contribution in [2.75, 3.05) is 35.0 Å². The highest BCUT2D eigenvalue weighted by Gasteiger charge is 2.62. The van der Waals surface area contributed by atoms with Crippen LogP contribution in [0.1, 0.15) is 54.9 Å². The van der Waals surface area contributed by atoms with E-state index in [0.717, 1.165) is 38.6 Å². The molecule has 13 nitrogen and oxygen atoms in total. The summed E-state index contributed by atoms with van der Waals surface area (Å²) in [5.74, 6) is -6.98. The average Bonchev–Trinajstić information content (AvgIpc) is 3.48. The number of aromatic nitrogens is 1. The van der Waals surface area contributed by atoms with Crippen LogP contribution in [0.2, 0.25) is 0 Å². The third-order valence-corrected chi connectivity index (χ3v) is 6.31. The van der Waals surface area contributed by atoms with Crippen molar-refractivity contribution in [3.63, 3.8) is 0 Å². The first kappa shape index (κ1) is 30.7. The molecule has 41 heavy (non-hydrogen) atoms. The maximum absolute atomic E-state index is 14.1. The van der Waals surface area contributed by atoms with E-state index in [0.29, 0.717) is 6.08 Å². The molecule has 2 aromatic rings. The number of ether oxygens (including phenoxy) is 6. The smallest absolute Gasteiger partial charge is 0.362 e. The molecule has 1 aromatic heterocycles. The molecule has 1 unspecified atom stereocenters. The van der Waals surface area contributed by atoms with Crippen LogP contribution in [0.3, 0.4) is 0 Å². The number of hydrogen-bond acceptors (Lipinski definition) is 13. The molecule has 0 radical (unpaired) electrons. The summed E-state index contributed by atoms with van der Waals surface area (Å²) in [7, 11) is 3.96. The van der Waals surface area contributed by atoms with Crippen molar-refractivity contribution in [1.82, 2.24) is 4.57 Å². The van der Waals surface area contributed by atoms with Crippen LogP contribution in [0, 0.1) is 6.92 Å². The van der Waals surface area contributed by atoms with E-state index < -0.39 is 74.5 Å². The first-order valence-corrected chi connectivity index (χ1v) is 12.2. The fourth-order valence-electron chi connectivity index (χ4n) is 4.23. The second-order valence-corrected chi connectivity index (χ2v) is 8.65. The second-order valence-electron chi connectivity index (χ2n) is 8.30. The van der Waals surface area contributed by atoms with E-state index >= 15 is 0 Å². The molecular formula is C27H25NO12S. The Morgan fingerprint density at radius 3 is 2.02 bits per heavy atom. The Kier molecular flexibility index (Phi) is 9.07. The van der Waals surface area contributed by atoms with Gasteiger partial charge in [-0.25, -0.2) is 24.0 Å². The quantitative estimate of drug-likeness (QED) is 0.137. The molecule has 1 aromatic carbocycles. The topological polar surface area (TPSA) is 163 Å². The highest BCUT2D eigenvalue weighted by Crippen LogP contribution is 2.47. The second kappa shape index (κ2) is 12.1. The Labute approximate surface area is 238 Å². The summed E-state index contributed by atoms with van der Waals surface area (Å²) in [5.41, 5.74) is -5.32. The summed E-state index contributed by atoms with van der Waals surface area (Å²) in [6.45, 7) is 2.95. The van der Waals surface area contributed by atoms with Crippen LogP contribution in [-0.2, 0) is 48.4 Å². The lowest BCUT2D eigenvalue weighted by Gasteiger charge is -2.27. The van der Waals surface area contributed by atoms with E-state index in [4.69, 9.17) is 35.9 Å². The van der Waals surface area contributed by atoms with E-state index in [1.54, 1.807) is 19.1 Å². The first-order valence-electron chi connectivity index (χ1n) is 11.8. The minimum absolute atomic E-state index is 0.0118. The predicted octanol–water partition coefficient (Wildman–Crippen LogP) is 1.79. The SMILES string of the molecule is CCOC(=O)C1(C(=CC(=O)OC)C(=O)OC)OC(=S)n2c(C(=O)OC)c(C(=O)OC)c(C(=O)c3ccc(C)cc3)c21. The van der Waals surface area contributed by atoms with E-state index in [1.807, 2.05) is 0 Å². The van der Waals surface area contributed by atoms with Crippen LogP contribution in [0.15, 0.2) is 35.9 Å². The molecule has 0 fully saturated rings. The van der Waals surface area contributed by atoms with Crippen molar-refractivity contribution in [3.05, 3.63) is 69.6 Å². The Morgan fingerprint density at radius 2 is 1.51 bits per heavy atom. The van der Waals surface area contributed by atoms with Gasteiger partial charge in [0.1, 0.15) is 11.1 Å². The Balaban J connectivity index is 2.67.